The van der Waals surface area contributed by atoms with Gasteiger partial charge in [0, 0.05) is 23.1 Å². The van der Waals surface area contributed by atoms with Crippen LogP contribution in [0.1, 0.15) is 13.3 Å². The van der Waals surface area contributed by atoms with Crippen LogP contribution < -0.4 is 17.7 Å². The molecule has 18 heavy (non-hydrogen) atoms. The SMILES string of the molecule is C=C(C)C(=O)NCCC[N+](C)(C)C.O=[P+](O)O.[Cl-]. The van der Waals surface area contributed by atoms with Gasteiger partial charge >= 0.3 is 8.25 Å². The summed E-state index contributed by atoms with van der Waals surface area (Å²) in [6.45, 7) is 7.09. The quantitative estimate of drug-likeness (QED) is 0.225. The second-order valence-electron chi connectivity index (χ2n) is 4.66. The van der Waals surface area contributed by atoms with Crippen molar-refractivity contribution in [2.75, 3.05) is 34.2 Å². The lowest BCUT2D eigenvalue weighted by molar-refractivity contribution is -0.870. The number of carbonyl (C=O) groups is 1. The van der Waals surface area contributed by atoms with Crippen molar-refractivity contribution in [1.29, 1.82) is 0 Å². The summed E-state index contributed by atoms with van der Waals surface area (Å²) >= 11 is 0. The smallest absolute Gasteiger partial charge is 0.692 e. The largest absolute Gasteiger partial charge is 1.00 e. The van der Waals surface area contributed by atoms with Gasteiger partial charge in [-0.1, -0.05) is 6.58 Å². The molecule has 108 valence electrons. The number of nitrogens with zero attached hydrogens (tertiary/aromatic N) is 1. The number of rotatable bonds is 5. The Bertz CT molecular complexity index is 276. The zero-order valence-corrected chi connectivity index (χ0v) is 13.0. The molecule has 0 bridgehead atoms. The molecule has 3 N–H and O–H groups in total. The summed E-state index contributed by atoms with van der Waals surface area (Å²) in [7, 11) is 3.55. The summed E-state index contributed by atoms with van der Waals surface area (Å²) < 4.78 is 9.64. The van der Waals surface area contributed by atoms with Crippen LogP contribution in [-0.2, 0) is 9.36 Å². The molecule has 0 saturated carbocycles. The van der Waals surface area contributed by atoms with Crippen LogP contribution in [0.3, 0.4) is 0 Å². The number of hydrogen-bond donors (Lipinski definition) is 3. The van der Waals surface area contributed by atoms with Crippen LogP contribution in [0.5, 0.6) is 0 Å². The predicted octanol–water partition coefficient (Wildman–Crippen LogP) is -2.59. The zero-order valence-electron chi connectivity index (χ0n) is 11.3. The minimum absolute atomic E-state index is 0. The average molecular weight is 302 g/mol. The molecule has 0 saturated heterocycles. The molecule has 0 aliphatic rings. The first-order valence-electron chi connectivity index (χ1n) is 5.15. The van der Waals surface area contributed by atoms with E-state index in [1.54, 1.807) is 6.92 Å². The van der Waals surface area contributed by atoms with E-state index in [4.69, 9.17) is 14.4 Å². The molecular weight excluding hydrogens is 279 g/mol. The van der Waals surface area contributed by atoms with Crippen molar-refractivity contribution in [2.45, 2.75) is 13.3 Å². The molecule has 1 amide bonds. The van der Waals surface area contributed by atoms with E-state index in [1.165, 1.54) is 0 Å². The van der Waals surface area contributed by atoms with E-state index in [-0.39, 0.29) is 18.3 Å². The minimum Gasteiger partial charge on any atom is -1.00 e. The summed E-state index contributed by atoms with van der Waals surface area (Å²) in [6.07, 6.45) is 1.00. The van der Waals surface area contributed by atoms with Crippen molar-refractivity contribution in [3.8, 4) is 0 Å². The minimum atomic E-state index is -2.87. The molecule has 0 fully saturated rings. The van der Waals surface area contributed by atoms with E-state index in [9.17, 15) is 4.79 Å². The van der Waals surface area contributed by atoms with Crippen LogP contribution in [0, 0.1) is 0 Å². The Kier molecular flexibility index (Phi) is 14.5. The van der Waals surface area contributed by atoms with Gasteiger partial charge in [-0.05, 0) is 6.92 Å². The molecule has 0 aromatic carbocycles. The van der Waals surface area contributed by atoms with Crippen LogP contribution in [-0.4, -0.2) is 54.4 Å². The third-order valence-corrected chi connectivity index (χ3v) is 1.68. The molecule has 0 aromatic rings. The standard InChI is InChI=1S/C10H20N2O.ClH.HO3P/c1-9(2)10(13)11-7-6-8-12(3,4)5;;1-4(2)3/h1,6-8H2,2-5H3;1H;(H-,1,2,3)/p+1. The van der Waals surface area contributed by atoms with Gasteiger partial charge in [-0.15, -0.1) is 9.79 Å². The molecular formula is C10H23ClN2O4P+. The highest BCUT2D eigenvalue weighted by Crippen LogP contribution is 1.98. The molecule has 8 heteroatoms. The van der Waals surface area contributed by atoms with Crippen molar-refractivity contribution in [3.63, 3.8) is 0 Å². The summed E-state index contributed by atoms with van der Waals surface area (Å²) in [5.74, 6) is -0.0404. The van der Waals surface area contributed by atoms with Gasteiger partial charge in [-0.25, -0.2) is 0 Å². The van der Waals surface area contributed by atoms with E-state index >= 15 is 0 Å². The molecule has 0 heterocycles. The Hall–Kier alpha value is -0.520. The lowest BCUT2D eigenvalue weighted by atomic mass is 10.3. The second-order valence-corrected chi connectivity index (χ2v) is 5.16. The first kappa shape index (κ1) is 22.6. The van der Waals surface area contributed by atoms with Crippen molar-refractivity contribution < 1.29 is 36.0 Å². The lowest BCUT2D eigenvalue weighted by Crippen LogP contribution is -3.00. The maximum absolute atomic E-state index is 11.1. The lowest BCUT2D eigenvalue weighted by Gasteiger charge is -2.23. The molecule has 6 nitrogen and oxygen atoms in total. The van der Waals surface area contributed by atoms with Crippen LogP contribution in [0.4, 0.5) is 0 Å². The summed E-state index contributed by atoms with van der Waals surface area (Å²) in [5, 5.41) is 2.81. The van der Waals surface area contributed by atoms with E-state index in [0.717, 1.165) is 24.0 Å². The van der Waals surface area contributed by atoms with Gasteiger partial charge in [0.25, 0.3) is 0 Å². The van der Waals surface area contributed by atoms with E-state index < -0.39 is 8.25 Å². The molecule has 0 aliphatic carbocycles. The normalized spacial score (nSPS) is 9.44. The van der Waals surface area contributed by atoms with Gasteiger partial charge in [0.15, 0.2) is 0 Å². The predicted molar refractivity (Wildman–Crippen MR) is 67.4 cm³/mol. The van der Waals surface area contributed by atoms with E-state index in [0.29, 0.717) is 5.57 Å². The number of quaternary nitrogens is 1. The van der Waals surface area contributed by atoms with Gasteiger partial charge in [0.05, 0.1) is 27.7 Å². The molecule has 0 unspecified atom stereocenters. The number of amides is 1. The molecule has 0 radical (unpaired) electrons. The molecule has 0 aromatic heterocycles. The van der Waals surface area contributed by atoms with E-state index in [2.05, 4.69) is 33.0 Å². The number of carbonyl (C=O) groups excluding carboxylic acids is 1. The Morgan fingerprint density at radius 1 is 1.33 bits per heavy atom. The second kappa shape index (κ2) is 11.6. The van der Waals surface area contributed by atoms with Crippen LogP contribution in [0.2, 0.25) is 0 Å². The van der Waals surface area contributed by atoms with Crippen molar-refractivity contribution in [2.24, 2.45) is 0 Å². The van der Waals surface area contributed by atoms with Crippen molar-refractivity contribution in [1.82, 2.24) is 5.32 Å². The van der Waals surface area contributed by atoms with Crippen molar-refractivity contribution >= 4 is 14.2 Å². The Morgan fingerprint density at radius 2 is 1.72 bits per heavy atom. The Balaban J connectivity index is -0.000000392. The first-order chi connectivity index (χ1) is 7.56. The van der Waals surface area contributed by atoms with E-state index in [1.807, 2.05) is 0 Å². The summed E-state index contributed by atoms with van der Waals surface area (Å²) in [5.41, 5.74) is 0.574. The van der Waals surface area contributed by atoms with Crippen LogP contribution in [0.15, 0.2) is 12.2 Å². The maximum atomic E-state index is 11.1. The van der Waals surface area contributed by atoms with Gasteiger partial charge in [0.1, 0.15) is 0 Å². The maximum Gasteiger partial charge on any atom is 0.692 e. The van der Waals surface area contributed by atoms with Gasteiger partial charge in [-0.3, -0.25) is 4.79 Å². The highest BCUT2D eigenvalue weighted by molar-refractivity contribution is 7.30. The fourth-order valence-electron chi connectivity index (χ4n) is 0.906. The summed E-state index contributed by atoms with van der Waals surface area (Å²) in [4.78, 5) is 25.3. The average Bonchev–Trinajstić information content (AvgIpc) is 2.09. The molecule has 0 spiro atoms. The molecule has 0 rings (SSSR count). The number of nitrogens with one attached hydrogen (secondary N) is 1. The Labute approximate surface area is 116 Å². The van der Waals surface area contributed by atoms with Gasteiger partial charge in [0.2, 0.25) is 5.91 Å². The molecule has 0 aliphatic heterocycles. The fourth-order valence-corrected chi connectivity index (χ4v) is 0.906. The monoisotopic (exact) mass is 301 g/mol. The topological polar surface area (TPSA) is 86.6 Å². The van der Waals surface area contributed by atoms with Gasteiger partial charge in [-0.2, -0.15) is 0 Å². The first-order valence-corrected chi connectivity index (χ1v) is 6.32. The summed E-state index contributed by atoms with van der Waals surface area (Å²) in [6, 6.07) is 0. The Morgan fingerprint density at radius 3 is 2.00 bits per heavy atom. The fraction of sp³-hybridized carbons (Fsp3) is 0.700. The van der Waals surface area contributed by atoms with Crippen molar-refractivity contribution in [3.05, 3.63) is 12.2 Å². The third-order valence-electron chi connectivity index (χ3n) is 1.68. The highest BCUT2D eigenvalue weighted by atomic mass is 35.5. The number of hydrogen-bond acceptors (Lipinski definition) is 2. The van der Waals surface area contributed by atoms with Gasteiger partial charge < -0.3 is 22.2 Å². The van der Waals surface area contributed by atoms with Crippen LogP contribution in [0.25, 0.3) is 0 Å². The third kappa shape index (κ3) is 24.6. The highest BCUT2D eigenvalue weighted by Gasteiger charge is 2.06. The number of halogens is 1. The zero-order chi connectivity index (χ0) is 14.1. The molecule has 0 atom stereocenters. The van der Waals surface area contributed by atoms with Crippen LogP contribution >= 0.6 is 8.25 Å².